The largest absolute Gasteiger partial charge is 0.323 e. The molecule has 1 N–H and O–H groups in total. The second-order valence-electron chi connectivity index (χ2n) is 3.83. The van der Waals surface area contributed by atoms with Crippen LogP contribution in [0.25, 0.3) is 6.08 Å². The van der Waals surface area contributed by atoms with E-state index in [9.17, 15) is 4.79 Å². The highest BCUT2D eigenvalue weighted by Gasteiger charge is 1.98. The average molecular weight is 322 g/mol. The average Bonchev–Trinajstić information content (AvgIpc) is 2.76. The number of carbonyl (C=O) groups excluding carboxylic acids is 1. The van der Waals surface area contributed by atoms with Gasteiger partial charge in [-0.25, -0.2) is 0 Å². The molecule has 1 heterocycles. The van der Waals surface area contributed by atoms with Gasteiger partial charge in [-0.3, -0.25) is 4.79 Å². The first kappa shape index (κ1) is 13.1. The van der Waals surface area contributed by atoms with Crippen LogP contribution in [0.5, 0.6) is 0 Å². The Morgan fingerprint density at radius 2 is 1.94 bits per heavy atom. The molecule has 92 valence electrons. The molecule has 0 aliphatic carbocycles. The van der Waals surface area contributed by atoms with Crippen molar-refractivity contribution in [1.29, 1.82) is 0 Å². The van der Waals surface area contributed by atoms with E-state index in [4.69, 9.17) is 0 Å². The third kappa shape index (κ3) is 3.82. The normalized spacial score (nSPS) is 10.8. The third-order valence-electron chi connectivity index (χ3n) is 2.31. The van der Waals surface area contributed by atoms with Crippen molar-refractivity contribution in [1.82, 2.24) is 0 Å². The van der Waals surface area contributed by atoms with E-state index in [1.54, 1.807) is 17.4 Å². The van der Waals surface area contributed by atoms with Gasteiger partial charge in [-0.15, -0.1) is 11.3 Å². The summed E-state index contributed by atoms with van der Waals surface area (Å²) in [5, 5.41) is 2.81. The highest BCUT2D eigenvalue weighted by Crippen LogP contribution is 2.23. The van der Waals surface area contributed by atoms with Crippen LogP contribution in [0.3, 0.4) is 0 Å². The van der Waals surface area contributed by atoms with Crippen LogP contribution in [0, 0.1) is 6.92 Å². The molecule has 0 unspecified atom stereocenters. The summed E-state index contributed by atoms with van der Waals surface area (Å²) in [7, 11) is 0. The first-order chi connectivity index (χ1) is 8.63. The number of amides is 1. The van der Waals surface area contributed by atoms with Gasteiger partial charge in [0.1, 0.15) is 0 Å². The summed E-state index contributed by atoms with van der Waals surface area (Å²) in [6.07, 6.45) is 3.34. The van der Waals surface area contributed by atoms with Crippen molar-refractivity contribution < 1.29 is 4.79 Å². The lowest BCUT2D eigenvalue weighted by molar-refractivity contribution is -0.111. The Hall–Kier alpha value is -1.39. The molecule has 2 aromatic rings. The maximum absolute atomic E-state index is 11.7. The Bertz CT molecular complexity index is 572. The number of hydrogen-bond donors (Lipinski definition) is 1. The molecule has 0 saturated heterocycles. The summed E-state index contributed by atoms with van der Waals surface area (Å²) in [6.45, 7) is 2.01. The van der Waals surface area contributed by atoms with Crippen molar-refractivity contribution in [3.63, 3.8) is 0 Å². The van der Waals surface area contributed by atoms with Crippen LogP contribution in [0.2, 0.25) is 0 Å². The summed E-state index contributed by atoms with van der Waals surface area (Å²) in [4.78, 5) is 12.7. The minimum Gasteiger partial charge on any atom is -0.323 e. The number of aryl methyl sites for hydroxylation is 1. The molecule has 0 radical (unpaired) electrons. The van der Waals surface area contributed by atoms with E-state index in [1.165, 1.54) is 11.6 Å². The van der Waals surface area contributed by atoms with Gasteiger partial charge in [-0.1, -0.05) is 17.7 Å². The van der Waals surface area contributed by atoms with Gasteiger partial charge < -0.3 is 5.32 Å². The molecular formula is C14H12BrNOS. The van der Waals surface area contributed by atoms with E-state index in [-0.39, 0.29) is 5.91 Å². The predicted octanol–water partition coefficient (Wildman–Crippen LogP) is 4.47. The Labute approximate surface area is 118 Å². The Kier molecular flexibility index (Phi) is 4.33. The van der Waals surface area contributed by atoms with Gasteiger partial charge in [0, 0.05) is 16.6 Å². The molecule has 18 heavy (non-hydrogen) atoms. The van der Waals surface area contributed by atoms with Crippen molar-refractivity contribution in [2.45, 2.75) is 6.92 Å². The second-order valence-corrected chi connectivity index (χ2v) is 6.33. The van der Waals surface area contributed by atoms with Crippen LogP contribution in [-0.4, -0.2) is 5.91 Å². The monoisotopic (exact) mass is 321 g/mol. The zero-order chi connectivity index (χ0) is 13.0. The lowest BCUT2D eigenvalue weighted by Gasteiger charge is -2.01. The molecule has 1 aromatic carbocycles. The number of nitrogens with one attached hydrogen (secondary N) is 1. The minimum absolute atomic E-state index is 0.122. The van der Waals surface area contributed by atoms with E-state index in [0.29, 0.717) is 0 Å². The molecule has 0 bridgehead atoms. The molecule has 2 rings (SSSR count). The fraction of sp³-hybridized carbons (Fsp3) is 0.0714. The molecule has 0 fully saturated rings. The summed E-state index contributed by atoms with van der Waals surface area (Å²) in [5.74, 6) is -0.122. The summed E-state index contributed by atoms with van der Waals surface area (Å²) in [5.41, 5.74) is 1.98. The van der Waals surface area contributed by atoms with Gasteiger partial charge in [-0.05, 0) is 53.2 Å². The molecule has 0 aliphatic heterocycles. The number of thiophene rings is 1. The number of anilines is 1. The van der Waals surface area contributed by atoms with E-state index < -0.39 is 0 Å². The minimum atomic E-state index is -0.122. The lowest BCUT2D eigenvalue weighted by Crippen LogP contribution is -2.07. The van der Waals surface area contributed by atoms with Gasteiger partial charge in [0.25, 0.3) is 0 Å². The van der Waals surface area contributed by atoms with Crippen molar-refractivity contribution in [3.05, 3.63) is 56.7 Å². The third-order valence-corrected chi connectivity index (χ3v) is 3.90. The number of carbonyl (C=O) groups is 1. The van der Waals surface area contributed by atoms with Crippen molar-refractivity contribution in [3.8, 4) is 0 Å². The van der Waals surface area contributed by atoms with E-state index >= 15 is 0 Å². The van der Waals surface area contributed by atoms with Gasteiger partial charge in [0.2, 0.25) is 5.91 Å². The topological polar surface area (TPSA) is 29.1 Å². The fourth-order valence-corrected chi connectivity index (χ4v) is 2.72. The first-order valence-corrected chi connectivity index (χ1v) is 7.05. The van der Waals surface area contributed by atoms with Gasteiger partial charge in [-0.2, -0.15) is 0 Å². The smallest absolute Gasteiger partial charge is 0.248 e. The molecule has 2 nitrogen and oxygen atoms in total. The maximum Gasteiger partial charge on any atom is 0.248 e. The number of rotatable bonds is 3. The molecule has 1 aromatic heterocycles. The molecule has 0 atom stereocenters. The van der Waals surface area contributed by atoms with Gasteiger partial charge >= 0.3 is 0 Å². The standard InChI is InChI=1S/C14H12BrNOS/c1-10-2-4-11(5-3-10)16-14(17)9-7-12-6-8-13(15)18-12/h2-9H,1H3,(H,16,17)/b9-7+. The van der Waals surface area contributed by atoms with Crippen LogP contribution in [0.4, 0.5) is 5.69 Å². The Morgan fingerprint density at radius 1 is 1.22 bits per heavy atom. The molecule has 0 saturated carbocycles. The highest BCUT2D eigenvalue weighted by molar-refractivity contribution is 9.11. The number of halogens is 1. The quantitative estimate of drug-likeness (QED) is 0.830. The SMILES string of the molecule is Cc1ccc(NC(=O)/C=C/c2ccc(Br)s2)cc1. The molecule has 4 heteroatoms. The van der Waals surface area contributed by atoms with Crippen LogP contribution in [0.15, 0.2) is 46.3 Å². The predicted molar refractivity (Wildman–Crippen MR) is 80.9 cm³/mol. The van der Waals surface area contributed by atoms with Crippen LogP contribution >= 0.6 is 27.3 Å². The summed E-state index contributed by atoms with van der Waals surface area (Å²) in [6, 6.07) is 11.6. The van der Waals surface area contributed by atoms with Crippen LogP contribution in [0.1, 0.15) is 10.4 Å². The van der Waals surface area contributed by atoms with E-state index in [2.05, 4.69) is 21.2 Å². The maximum atomic E-state index is 11.7. The van der Waals surface area contributed by atoms with E-state index in [1.807, 2.05) is 43.3 Å². The number of hydrogen-bond acceptors (Lipinski definition) is 2. The second kappa shape index (κ2) is 5.98. The van der Waals surface area contributed by atoms with Crippen LogP contribution in [-0.2, 0) is 4.79 Å². The molecule has 0 spiro atoms. The zero-order valence-corrected chi connectivity index (χ0v) is 12.2. The zero-order valence-electron chi connectivity index (χ0n) is 9.81. The lowest BCUT2D eigenvalue weighted by atomic mass is 10.2. The molecular weight excluding hydrogens is 310 g/mol. The molecule has 1 amide bonds. The summed E-state index contributed by atoms with van der Waals surface area (Å²) < 4.78 is 1.06. The molecule has 0 aliphatic rings. The van der Waals surface area contributed by atoms with Gasteiger partial charge in [0.05, 0.1) is 3.79 Å². The Balaban J connectivity index is 1.96. The van der Waals surface area contributed by atoms with Crippen LogP contribution < -0.4 is 5.32 Å². The highest BCUT2D eigenvalue weighted by atomic mass is 79.9. The first-order valence-electron chi connectivity index (χ1n) is 5.44. The van der Waals surface area contributed by atoms with Gasteiger partial charge in [0.15, 0.2) is 0 Å². The van der Waals surface area contributed by atoms with Crippen molar-refractivity contribution in [2.24, 2.45) is 0 Å². The Morgan fingerprint density at radius 3 is 2.56 bits per heavy atom. The van der Waals surface area contributed by atoms with Crippen molar-refractivity contribution in [2.75, 3.05) is 5.32 Å². The van der Waals surface area contributed by atoms with Crippen molar-refractivity contribution >= 4 is 44.9 Å². The summed E-state index contributed by atoms with van der Waals surface area (Å²) >= 11 is 4.97. The number of benzene rings is 1. The fourth-order valence-electron chi connectivity index (χ4n) is 1.40. The van der Waals surface area contributed by atoms with E-state index in [0.717, 1.165) is 14.4 Å².